The molecule has 0 saturated heterocycles. The number of fused-ring (bicyclic) bond motifs is 1. The molecule has 0 aliphatic heterocycles. The molecule has 26 heavy (non-hydrogen) atoms. The second kappa shape index (κ2) is 8.96. The molecular weight excluding hydrogens is 376 g/mol. The summed E-state index contributed by atoms with van der Waals surface area (Å²) < 4.78 is 5.74. The highest BCUT2D eigenvalue weighted by Crippen LogP contribution is 2.46. The van der Waals surface area contributed by atoms with Crippen molar-refractivity contribution in [3.8, 4) is 9.75 Å². The molecule has 3 heterocycles. The fourth-order valence-corrected chi connectivity index (χ4v) is 6.89. The molecule has 2 unspecified atom stereocenters. The summed E-state index contributed by atoms with van der Waals surface area (Å²) in [7, 11) is 0. The number of thiophene rings is 2. The molecule has 0 saturated carbocycles. The third kappa shape index (κ3) is 4.22. The predicted octanol–water partition coefficient (Wildman–Crippen LogP) is 7.88. The normalized spacial score (nSPS) is 14.2. The van der Waals surface area contributed by atoms with Gasteiger partial charge in [0, 0.05) is 26.1 Å². The van der Waals surface area contributed by atoms with Crippen molar-refractivity contribution in [1.82, 2.24) is 4.37 Å². The van der Waals surface area contributed by atoms with Crippen LogP contribution >= 0.6 is 34.2 Å². The second-order valence-corrected chi connectivity index (χ2v) is 10.5. The summed E-state index contributed by atoms with van der Waals surface area (Å²) >= 11 is 5.40. The van der Waals surface area contributed by atoms with Crippen molar-refractivity contribution in [3.05, 3.63) is 27.6 Å². The van der Waals surface area contributed by atoms with Gasteiger partial charge in [-0.25, -0.2) is 0 Å². The van der Waals surface area contributed by atoms with Crippen LogP contribution in [0.25, 0.3) is 19.8 Å². The minimum Gasteiger partial charge on any atom is -0.323 e. The van der Waals surface area contributed by atoms with Crippen LogP contribution in [-0.2, 0) is 0 Å². The highest BCUT2D eigenvalue weighted by atomic mass is 32.1. The zero-order valence-corrected chi connectivity index (χ0v) is 18.8. The van der Waals surface area contributed by atoms with Crippen LogP contribution in [0.5, 0.6) is 0 Å². The molecule has 2 atom stereocenters. The molecule has 142 valence electrons. The Morgan fingerprint density at radius 3 is 2.62 bits per heavy atom. The summed E-state index contributed by atoms with van der Waals surface area (Å²) in [5.74, 6) is 0.583. The first-order valence-electron chi connectivity index (χ1n) is 9.76. The van der Waals surface area contributed by atoms with Gasteiger partial charge in [-0.3, -0.25) is 0 Å². The standard InChI is InChI=1S/C21H30N2S3/c1-5-6-7-8-9-10-13(2)16-11-18(25-19(16)14(3)22)21-17-12-23-26-20(17)15(4)24-21/h11-14H,5-10,22H2,1-4H3. The molecule has 2 nitrogen and oxygen atoms in total. The van der Waals surface area contributed by atoms with Crippen molar-refractivity contribution in [2.24, 2.45) is 5.73 Å². The summed E-state index contributed by atoms with van der Waals surface area (Å²) in [4.78, 5) is 5.48. The van der Waals surface area contributed by atoms with E-state index in [2.05, 4.69) is 38.1 Å². The number of aromatic nitrogens is 1. The maximum absolute atomic E-state index is 6.34. The molecule has 0 aromatic carbocycles. The van der Waals surface area contributed by atoms with Gasteiger partial charge in [0.15, 0.2) is 0 Å². The molecule has 5 heteroatoms. The topological polar surface area (TPSA) is 38.9 Å². The molecule has 0 aliphatic rings. The second-order valence-electron chi connectivity index (χ2n) is 7.38. The van der Waals surface area contributed by atoms with Gasteiger partial charge in [-0.15, -0.1) is 22.7 Å². The number of nitrogens with zero attached hydrogens (tertiary/aromatic N) is 1. The van der Waals surface area contributed by atoms with E-state index in [1.165, 1.54) is 73.7 Å². The number of rotatable bonds is 9. The lowest BCUT2D eigenvalue weighted by Crippen LogP contribution is -2.07. The van der Waals surface area contributed by atoms with Crippen molar-refractivity contribution in [2.45, 2.75) is 78.2 Å². The maximum atomic E-state index is 6.34. The van der Waals surface area contributed by atoms with Gasteiger partial charge in [0.2, 0.25) is 0 Å². The Balaban J connectivity index is 1.83. The van der Waals surface area contributed by atoms with E-state index in [4.69, 9.17) is 5.73 Å². The molecule has 0 fully saturated rings. The maximum Gasteiger partial charge on any atom is 0.0693 e. The van der Waals surface area contributed by atoms with Gasteiger partial charge in [-0.05, 0) is 49.3 Å². The molecular formula is C21H30N2S3. The first-order chi connectivity index (χ1) is 12.5. The van der Waals surface area contributed by atoms with Crippen molar-refractivity contribution in [3.63, 3.8) is 0 Å². The highest BCUT2D eigenvalue weighted by molar-refractivity contribution is 7.26. The van der Waals surface area contributed by atoms with Crippen molar-refractivity contribution < 1.29 is 0 Å². The Hall–Kier alpha value is -0.750. The summed E-state index contributed by atoms with van der Waals surface area (Å²) in [6.07, 6.45) is 10.0. The Bertz CT molecular complexity index is 841. The Labute approximate surface area is 169 Å². The quantitative estimate of drug-likeness (QED) is 0.367. The van der Waals surface area contributed by atoms with Gasteiger partial charge in [-0.1, -0.05) is 46.0 Å². The average molecular weight is 407 g/mol. The molecule has 0 aliphatic carbocycles. The van der Waals surface area contributed by atoms with Gasteiger partial charge in [0.25, 0.3) is 0 Å². The molecule has 0 spiro atoms. The SMILES string of the molecule is CCCCCCCC(C)c1cc(-c2sc(C)c3sncc23)sc1C(C)N. The van der Waals surface area contributed by atoms with Crippen LogP contribution < -0.4 is 5.73 Å². The van der Waals surface area contributed by atoms with Crippen LogP contribution in [0.1, 0.15) is 86.6 Å². The molecule has 0 amide bonds. The number of unbranched alkanes of at least 4 members (excludes halogenated alkanes) is 4. The largest absolute Gasteiger partial charge is 0.323 e. The molecule has 3 aromatic rings. The van der Waals surface area contributed by atoms with E-state index in [0.29, 0.717) is 5.92 Å². The van der Waals surface area contributed by atoms with Gasteiger partial charge < -0.3 is 5.73 Å². The third-order valence-corrected chi connectivity index (χ3v) is 8.79. The molecule has 3 rings (SSSR count). The fourth-order valence-electron chi connectivity index (χ4n) is 3.57. The lowest BCUT2D eigenvalue weighted by molar-refractivity contribution is 0.564. The molecule has 0 radical (unpaired) electrons. The summed E-state index contributed by atoms with van der Waals surface area (Å²) in [6.45, 7) is 8.97. The van der Waals surface area contributed by atoms with E-state index in [0.717, 1.165) is 0 Å². The first-order valence-corrected chi connectivity index (χ1v) is 12.2. The van der Waals surface area contributed by atoms with Crippen molar-refractivity contribution in [2.75, 3.05) is 0 Å². The molecule has 2 N–H and O–H groups in total. The number of nitrogens with two attached hydrogens (primary N) is 1. The van der Waals surface area contributed by atoms with Gasteiger partial charge in [0.05, 0.1) is 15.8 Å². The lowest BCUT2D eigenvalue weighted by Gasteiger charge is -2.14. The van der Waals surface area contributed by atoms with Crippen molar-refractivity contribution in [1.29, 1.82) is 0 Å². The van der Waals surface area contributed by atoms with Crippen LogP contribution in [0.4, 0.5) is 0 Å². The summed E-state index contributed by atoms with van der Waals surface area (Å²) in [5.41, 5.74) is 7.81. The highest BCUT2D eigenvalue weighted by Gasteiger charge is 2.21. The van der Waals surface area contributed by atoms with Gasteiger partial charge >= 0.3 is 0 Å². The van der Waals surface area contributed by atoms with Crippen LogP contribution in [0.3, 0.4) is 0 Å². The number of aryl methyl sites for hydroxylation is 1. The smallest absolute Gasteiger partial charge is 0.0693 e. The average Bonchev–Trinajstić information content (AvgIpc) is 3.31. The van der Waals surface area contributed by atoms with E-state index in [1.807, 2.05) is 28.9 Å². The number of hydrogen-bond donors (Lipinski definition) is 1. The minimum atomic E-state index is 0.100. The zero-order valence-electron chi connectivity index (χ0n) is 16.3. The Kier molecular flexibility index (Phi) is 6.89. The number of hydrogen-bond acceptors (Lipinski definition) is 5. The van der Waals surface area contributed by atoms with E-state index in [9.17, 15) is 0 Å². The van der Waals surface area contributed by atoms with E-state index < -0.39 is 0 Å². The Morgan fingerprint density at radius 1 is 1.12 bits per heavy atom. The Morgan fingerprint density at radius 2 is 1.88 bits per heavy atom. The monoisotopic (exact) mass is 406 g/mol. The van der Waals surface area contributed by atoms with Crippen LogP contribution in [0, 0.1) is 6.92 Å². The van der Waals surface area contributed by atoms with Crippen LogP contribution in [0.15, 0.2) is 12.3 Å². The van der Waals surface area contributed by atoms with Crippen LogP contribution in [0.2, 0.25) is 0 Å². The van der Waals surface area contributed by atoms with E-state index in [1.54, 1.807) is 11.5 Å². The lowest BCUT2D eigenvalue weighted by atomic mass is 9.93. The molecule has 3 aromatic heterocycles. The summed E-state index contributed by atoms with van der Waals surface area (Å²) in [5, 5.41) is 1.31. The van der Waals surface area contributed by atoms with E-state index >= 15 is 0 Å². The van der Waals surface area contributed by atoms with Crippen LogP contribution in [-0.4, -0.2) is 4.37 Å². The van der Waals surface area contributed by atoms with Gasteiger partial charge in [-0.2, -0.15) is 4.37 Å². The summed E-state index contributed by atoms with van der Waals surface area (Å²) in [6, 6.07) is 2.52. The minimum absolute atomic E-state index is 0.100. The van der Waals surface area contributed by atoms with Crippen molar-refractivity contribution >= 4 is 44.3 Å². The predicted molar refractivity (Wildman–Crippen MR) is 120 cm³/mol. The van der Waals surface area contributed by atoms with E-state index in [-0.39, 0.29) is 6.04 Å². The fraction of sp³-hybridized carbons (Fsp3) is 0.571. The molecule has 0 bridgehead atoms. The first kappa shape index (κ1) is 20.0. The van der Waals surface area contributed by atoms with Gasteiger partial charge in [0.1, 0.15) is 0 Å². The zero-order chi connectivity index (χ0) is 18.7. The third-order valence-electron chi connectivity index (χ3n) is 5.09.